The first-order valence-corrected chi connectivity index (χ1v) is 10.4. The number of halogens is 1. The van der Waals surface area contributed by atoms with Crippen molar-refractivity contribution in [3.63, 3.8) is 0 Å². The molecule has 0 aliphatic heterocycles. The van der Waals surface area contributed by atoms with Crippen LogP contribution in [0.25, 0.3) is 0 Å². The van der Waals surface area contributed by atoms with Crippen LogP contribution in [0.2, 0.25) is 0 Å². The molecular formula is C20H44ClNO3. The monoisotopic (exact) mass is 381 g/mol. The molecule has 0 saturated heterocycles. The summed E-state index contributed by atoms with van der Waals surface area (Å²) in [5, 5.41) is 18.6. The van der Waals surface area contributed by atoms with Crippen molar-refractivity contribution in [3.8, 4) is 0 Å². The molecule has 0 spiro atoms. The number of hydrogen-bond donors (Lipinski definition) is 2. The van der Waals surface area contributed by atoms with E-state index in [0.717, 1.165) is 26.0 Å². The molecule has 154 valence electrons. The second-order valence-corrected chi connectivity index (χ2v) is 7.18. The molecule has 0 rings (SSSR count). The van der Waals surface area contributed by atoms with Crippen molar-refractivity contribution >= 4 is 0 Å². The predicted octanol–water partition coefficient (Wildman–Crippen LogP) is 1.10. The van der Waals surface area contributed by atoms with Crippen molar-refractivity contribution in [2.24, 2.45) is 0 Å². The van der Waals surface area contributed by atoms with Crippen molar-refractivity contribution in [2.75, 3.05) is 46.2 Å². The molecule has 0 aromatic carbocycles. The third-order valence-corrected chi connectivity index (χ3v) is 4.85. The molecule has 0 heterocycles. The molecule has 5 heteroatoms. The van der Waals surface area contributed by atoms with E-state index in [2.05, 4.69) is 13.8 Å². The van der Waals surface area contributed by atoms with Gasteiger partial charge in [0.1, 0.15) is 13.1 Å². The zero-order chi connectivity index (χ0) is 17.9. The lowest BCUT2D eigenvalue weighted by molar-refractivity contribution is -0.946. The maximum Gasteiger partial charge on any atom is 0.183 e. The Morgan fingerprint density at radius 3 is 1.56 bits per heavy atom. The third-order valence-electron chi connectivity index (χ3n) is 4.85. The highest BCUT2D eigenvalue weighted by atomic mass is 35.5. The number of unbranched alkanes of at least 4 members (excludes halogenated alkanes) is 9. The topological polar surface area (TPSA) is 49.7 Å². The molecule has 0 aromatic heterocycles. The van der Waals surface area contributed by atoms with Crippen LogP contribution in [-0.4, -0.2) is 60.9 Å². The fourth-order valence-electron chi connectivity index (χ4n) is 3.38. The maximum absolute atomic E-state index is 9.29. The summed E-state index contributed by atoms with van der Waals surface area (Å²) in [7, 11) is 0. The number of nitrogens with zero attached hydrogens (tertiary/aromatic N) is 1. The first-order valence-electron chi connectivity index (χ1n) is 10.4. The molecule has 2 N–H and O–H groups in total. The van der Waals surface area contributed by atoms with Crippen LogP contribution >= 0.6 is 0 Å². The van der Waals surface area contributed by atoms with Gasteiger partial charge in [0.2, 0.25) is 0 Å². The van der Waals surface area contributed by atoms with E-state index in [4.69, 9.17) is 4.74 Å². The zero-order valence-electron chi connectivity index (χ0n) is 16.9. The van der Waals surface area contributed by atoms with E-state index in [9.17, 15) is 10.2 Å². The lowest BCUT2D eigenvalue weighted by atomic mass is 10.1. The second-order valence-electron chi connectivity index (χ2n) is 7.18. The number of rotatable bonds is 19. The second kappa shape index (κ2) is 20.4. The Hall–Kier alpha value is 0.130. The molecule has 0 saturated carbocycles. The van der Waals surface area contributed by atoms with E-state index in [-0.39, 0.29) is 25.6 Å². The molecule has 0 aliphatic carbocycles. The average molecular weight is 382 g/mol. The SMILES string of the molecule is CCCCCCCCCCCCOC[N+](CCC)(CCO)CCO.[Cl-]. The zero-order valence-corrected chi connectivity index (χ0v) is 17.6. The Morgan fingerprint density at radius 1 is 0.640 bits per heavy atom. The first-order chi connectivity index (χ1) is 11.7. The molecule has 0 aromatic rings. The summed E-state index contributed by atoms with van der Waals surface area (Å²) in [5.74, 6) is 0. The average Bonchev–Trinajstić information content (AvgIpc) is 2.56. The van der Waals surface area contributed by atoms with Gasteiger partial charge in [0, 0.05) is 0 Å². The van der Waals surface area contributed by atoms with E-state index in [1.54, 1.807) is 0 Å². The largest absolute Gasteiger partial charge is 1.00 e. The number of ether oxygens (including phenoxy) is 1. The minimum absolute atomic E-state index is 0. The lowest BCUT2D eigenvalue weighted by Crippen LogP contribution is -3.00. The van der Waals surface area contributed by atoms with Crippen LogP contribution in [-0.2, 0) is 4.74 Å². The van der Waals surface area contributed by atoms with Gasteiger partial charge in [-0.25, -0.2) is 0 Å². The van der Waals surface area contributed by atoms with E-state index in [0.29, 0.717) is 24.3 Å². The standard InChI is InChI=1S/C20H44NO3.ClH/c1-3-5-6-7-8-9-10-11-12-13-19-24-20-21(14-4-2,15-17-22)16-18-23;/h22-23H,3-20H2,1-2H3;1H/q+1;/p-1. The van der Waals surface area contributed by atoms with Crippen LogP contribution in [0, 0.1) is 0 Å². The van der Waals surface area contributed by atoms with Crippen LogP contribution in [0.5, 0.6) is 0 Å². The summed E-state index contributed by atoms with van der Waals surface area (Å²) in [6.45, 7) is 8.44. The minimum atomic E-state index is 0. The molecule has 0 aliphatic rings. The molecule has 0 bridgehead atoms. The van der Waals surface area contributed by atoms with Gasteiger partial charge < -0.3 is 27.4 Å². The summed E-state index contributed by atoms with van der Waals surface area (Å²) in [6, 6.07) is 0. The van der Waals surface area contributed by atoms with Crippen LogP contribution < -0.4 is 12.4 Å². The molecule has 4 nitrogen and oxygen atoms in total. The Balaban J connectivity index is 0. The number of aliphatic hydroxyl groups excluding tert-OH is 2. The van der Waals surface area contributed by atoms with Gasteiger partial charge in [-0.15, -0.1) is 0 Å². The van der Waals surface area contributed by atoms with Gasteiger partial charge in [0.15, 0.2) is 6.73 Å². The van der Waals surface area contributed by atoms with Gasteiger partial charge in [-0.1, -0.05) is 71.6 Å². The van der Waals surface area contributed by atoms with Gasteiger partial charge in [0.05, 0.1) is 26.4 Å². The summed E-state index contributed by atoms with van der Waals surface area (Å²) in [4.78, 5) is 0. The summed E-state index contributed by atoms with van der Waals surface area (Å²) >= 11 is 0. The first kappa shape index (κ1) is 27.3. The van der Waals surface area contributed by atoms with E-state index >= 15 is 0 Å². The molecule has 0 fully saturated rings. The number of quaternary nitrogens is 1. The molecule has 0 atom stereocenters. The number of hydrogen-bond acceptors (Lipinski definition) is 3. The molecule has 0 unspecified atom stereocenters. The van der Waals surface area contributed by atoms with Crippen molar-refractivity contribution in [1.82, 2.24) is 0 Å². The predicted molar refractivity (Wildman–Crippen MR) is 102 cm³/mol. The fraction of sp³-hybridized carbons (Fsp3) is 1.00. The van der Waals surface area contributed by atoms with E-state index < -0.39 is 0 Å². The van der Waals surface area contributed by atoms with Crippen molar-refractivity contribution in [3.05, 3.63) is 0 Å². The number of aliphatic hydroxyl groups is 2. The van der Waals surface area contributed by atoms with Gasteiger partial charge in [0.25, 0.3) is 0 Å². The molecule has 25 heavy (non-hydrogen) atoms. The van der Waals surface area contributed by atoms with Crippen LogP contribution in [0.3, 0.4) is 0 Å². The van der Waals surface area contributed by atoms with Crippen LogP contribution in [0.15, 0.2) is 0 Å². The lowest BCUT2D eigenvalue weighted by Gasteiger charge is -2.37. The Morgan fingerprint density at radius 2 is 1.12 bits per heavy atom. The molecule has 0 amide bonds. The van der Waals surface area contributed by atoms with Crippen molar-refractivity contribution < 1.29 is 31.8 Å². The van der Waals surface area contributed by atoms with Crippen LogP contribution in [0.4, 0.5) is 0 Å². The Labute approximate surface area is 162 Å². The summed E-state index contributed by atoms with van der Waals surface area (Å²) < 4.78 is 6.56. The fourth-order valence-corrected chi connectivity index (χ4v) is 3.38. The third kappa shape index (κ3) is 16.1. The van der Waals surface area contributed by atoms with E-state index in [1.165, 1.54) is 57.8 Å². The Bertz CT molecular complexity index is 238. The summed E-state index contributed by atoms with van der Waals surface area (Å²) in [6.07, 6.45) is 14.4. The smallest absolute Gasteiger partial charge is 0.183 e. The van der Waals surface area contributed by atoms with Gasteiger partial charge in [-0.05, 0) is 12.8 Å². The van der Waals surface area contributed by atoms with Gasteiger partial charge in [-0.3, -0.25) is 4.48 Å². The normalized spacial score (nSPS) is 11.5. The Kier molecular flexibility index (Phi) is 22.4. The highest BCUT2D eigenvalue weighted by molar-refractivity contribution is 4.47. The molecule has 0 radical (unpaired) electrons. The van der Waals surface area contributed by atoms with Gasteiger partial charge in [-0.2, -0.15) is 0 Å². The van der Waals surface area contributed by atoms with Crippen LogP contribution in [0.1, 0.15) is 84.5 Å². The van der Waals surface area contributed by atoms with E-state index in [1.807, 2.05) is 0 Å². The highest BCUT2D eigenvalue weighted by Crippen LogP contribution is 2.12. The van der Waals surface area contributed by atoms with Crippen molar-refractivity contribution in [1.29, 1.82) is 0 Å². The minimum Gasteiger partial charge on any atom is -1.00 e. The summed E-state index contributed by atoms with van der Waals surface area (Å²) in [5.41, 5.74) is 0. The van der Waals surface area contributed by atoms with Crippen molar-refractivity contribution in [2.45, 2.75) is 84.5 Å². The molecular weight excluding hydrogens is 338 g/mol. The quantitative estimate of drug-likeness (QED) is 0.200. The highest BCUT2D eigenvalue weighted by Gasteiger charge is 2.25. The van der Waals surface area contributed by atoms with Gasteiger partial charge >= 0.3 is 0 Å². The maximum atomic E-state index is 9.29.